The van der Waals surface area contributed by atoms with Crippen molar-refractivity contribution < 1.29 is 33.9 Å². The minimum Gasteiger partial charge on any atom is -0.492 e. The number of likely N-dealkylation sites (N-methyl/N-ethyl adjacent to an activating group) is 1. The maximum atomic E-state index is 14.1. The zero-order valence-corrected chi connectivity index (χ0v) is 37.0. The van der Waals surface area contributed by atoms with Crippen LogP contribution >= 0.6 is 11.6 Å². The molecule has 1 aromatic heterocycles. The SMILES string of the molecule is CCN(CC)CCOc1ccc(-c2oc3ccc(Cl)cc3c2C(=O)c2ccc(OCC(=O)NCCN(CCNC(C)(C)/C(C)=N/O)CCNC(C)(C)/C(C)=N/O)cc2)cc1. The maximum absolute atomic E-state index is 14.1. The summed E-state index contributed by atoms with van der Waals surface area (Å²) in [4.78, 5) is 31.5. The number of hydrogen-bond acceptors (Lipinski definition) is 13. The van der Waals surface area contributed by atoms with Gasteiger partial charge in [0.15, 0.2) is 12.4 Å². The van der Waals surface area contributed by atoms with Gasteiger partial charge in [0.2, 0.25) is 0 Å². The summed E-state index contributed by atoms with van der Waals surface area (Å²) in [5.74, 6) is 1.06. The molecule has 0 spiro atoms. The number of furan rings is 1. The Bertz CT molecular complexity index is 2020. The molecule has 4 aromatic rings. The number of rotatable bonds is 25. The van der Waals surface area contributed by atoms with Crippen LogP contribution in [-0.4, -0.2) is 127 Å². The zero-order valence-electron chi connectivity index (χ0n) is 36.2. The highest BCUT2D eigenvalue weighted by molar-refractivity contribution is 6.32. The highest BCUT2D eigenvalue weighted by atomic mass is 35.5. The molecule has 0 unspecified atom stereocenters. The van der Waals surface area contributed by atoms with Crippen molar-refractivity contribution in [1.29, 1.82) is 0 Å². The van der Waals surface area contributed by atoms with Gasteiger partial charge in [-0.25, -0.2) is 0 Å². The molecule has 1 heterocycles. The van der Waals surface area contributed by atoms with Crippen molar-refractivity contribution in [2.24, 2.45) is 10.3 Å². The van der Waals surface area contributed by atoms with E-state index in [-0.39, 0.29) is 18.3 Å². The van der Waals surface area contributed by atoms with Crippen LogP contribution < -0.4 is 25.4 Å². The van der Waals surface area contributed by atoms with E-state index in [1.54, 1.807) is 56.3 Å². The fourth-order valence-electron chi connectivity index (χ4n) is 6.33. The maximum Gasteiger partial charge on any atom is 0.257 e. The highest BCUT2D eigenvalue weighted by Crippen LogP contribution is 2.37. The molecule has 3 aromatic carbocycles. The Hall–Kier alpha value is -4.99. The van der Waals surface area contributed by atoms with Crippen molar-refractivity contribution in [1.82, 2.24) is 25.8 Å². The van der Waals surface area contributed by atoms with Crippen molar-refractivity contribution in [2.45, 2.75) is 66.5 Å². The molecule has 15 heteroatoms. The van der Waals surface area contributed by atoms with E-state index in [4.69, 9.17) is 25.5 Å². The van der Waals surface area contributed by atoms with Gasteiger partial charge in [0, 0.05) is 67.3 Å². The first-order chi connectivity index (χ1) is 28.6. The van der Waals surface area contributed by atoms with Gasteiger partial charge in [0.1, 0.15) is 29.4 Å². The van der Waals surface area contributed by atoms with Gasteiger partial charge < -0.3 is 45.2 Å². The van der Waals surface area contributed by atoms with Crippen molar-refractivity contribution >= 4 is 45.7 Å². The monoisotopic (exact) mass is 847 g/mol. The number of fused-ring (bicyclic) bond motifs is 1. The number of oxime groups is 2. The summed E-state index contributed by atoms with van der Waals surface area (Å²) in [5, 5.41) is 36.0. The summed E-state index contributed by atoms with van der Waals surface area (Å²) in [6, 6.07) is 19.4. The molecule has 0 saturated carbocycles. The molecule has 0 fully saturated rings. The van der Waals surface area contributed by atoms with E-state index in [0.717, 1.165) is 30.9 Å². The number of carbonyl (C=O) groups excluding carboxylic acids is 2. The van der Waals surface area contributed by atoms with Crippen molar-refractivity contribution in [3.05, 3.63) is 82.9 Å². The Kier molecular flexibility index (Phi) is 17.9. The van der Waals surface area contributed by atoms with E-state index in [1.807, 2.05) is 52.0 Å². The number of benzene rings is 3. The number of nitrogens with zero attached hydrogens (tertiary/aromatic N) is 4. The van der Waals surface area contributed by atoms with Gasteiger partial charge >= 0.3 is 0 Å². The summed E-state index contributed by atoms with van der Waals surface area (Å²) >= 11 is 6.38. The minimum absolute atomic E-state index is 0.206. The van der Waals surface area contributed by atoms with Crippen molar-refractivity contribution in [3.63, 3.8) is 0 Å². The standard InChI is InChI=1S/C45H62ClN7O7/c1-9-52(10-2)27-28-58-36-18-13-34(14-19-36)43-41(38-29-35(46)15-20-39(38)60-43)42(55)33-11-16-37(17-12-33)59-30-40(54)47-21-24-53(25-22-48-44(5,6)31(3)50-56)26-23-49-45(7,8)32(4)51-57/h11-20,29,48-49,56-57H,9-10,21-28,30H2,1-8H3,(H,47,54)/b50-31+,51-32+. The number of ketones is 1. The lowest BCUT2D eigenvalue weighted by atomic mass is 9.97. The van der Waals surface area contributed by atoms with Crippen LogP contribution in [0.5, 0.6) is 11.5 Å². The van der Waals surface area contributed by atoms with Crippen LogP contribution in [0.4, 0.5) is 0 Å². The summed E-state index contributed by atoms with van der Waals surface area (Å²) in [6.45, 7) is 22.2. The number of carbonyl (C=O) groups is 2. The van der Waals surface area contributed by atoms with Crippen molar-refractivity contribution in [3.8, 4) is 22.8 Å². The summed E-state index contributed by atoms with van der Waals surface area (Å²) in [6.07, 6.45) is 0. The van der Waals surface area contributed by atoms with Gasteiger partial charge in [-0.05, 0) is 121 Å². The quantitative estimate of drug-likeness (QED) is 0.0203. The van der Waals surface area contributed by atoms with E-state index in [9.17, 15) is 20.0 Å². The summed E-state index contributed by atoms with van der Waals surface area (Å²) in [7, 11) is 0. The minimum atomic E-state index is -0.495. The lowest BCUT2D eigenvalue weighted by Gasteiger charge is -2.30. The molecule has 4 rings (SSSR count). The highest BCUT2D eigenvalue weighted by Gasteiger charge is 2.25. The van der Waals surface area contributed by atoms with Gasteiger partial charge in [0.25, 0.3) is 5.91 Å². The molecule has 14 nitrogen and oxygen atoms in total. The lowest BCUT2D eigenvalue weighted by Crippen LogP contribution is -2.51. The third kappa shape index (κ3) is 13.5. The smallest absolute Gasteiger partial charge is 0.257 e. The van der Waals surface area contributed by atoms with Gasteiger partial charge in [0.05, 0.1) is 28.1 Å². The number of halogens is 1. The summed E-state index contributed by atoms with van der Waals surface area (Å²) in [5.41, 5.74) is 2.23. The molecular weight excluding hydrogens is 786 g/mol. The normalized spacial score (nSPS) is 12.7. The van der Waals surface area contributed by atoms with Crippen LogP contribution in [0.1, 0.15) is 71.3 Å². The second-order valence-electron chi connectivity index (χ2n) is 15.7. The molecule has 0 aliphatic heterocycles. The van der Waals surface area contributed by atoms with Crippen LogP contribution in [0.15, 0.2) is 81.5 Å². The zero-order chi connectivity index (χ0) is 43.9. The van der Waals surface area contributed by atoms with Gasteiger partial charge in [-0.3, -0.25) is 14.5 Å². The van der Waals surface area contributed by atoms with Crippen LogP contribution in [0, 0.1) is 0 Å². The predicted octanol–water partition coefficient (Wildman–Crippen LogP) is 6.94. The lowest BCUT2D eigenvalue weighted by molar-refractivity contribution is -0.123. The van der Waals surface area contributed by atoms with Crippen LogP contribution in [0.2, 0.25) is 5.02 Å². The van der Waals surface area contributed by atoms with Crippen LogP contribution in [-0.2, 0) is 4.79 Å². The predicted molar refractivity (Wildman–Crippen MR) is 239 cm³/mol. The Morgan fingerprint density at radius 3 is 1.87 bits per heavy atom. The van der Waals surface area contributed by atoms with E-state index in [0.29, 0.717) is 95.9 Å². The molecule has 0 aliphatic rings. The second kappa shape index (κ2) is 22.6. The molecular formula is C45H62ClN7O7. The molecule has 0 bridgehead atoms. The van der Waals surface area contributed by atoms with Crippen LogP contribution in [0.3, 0.4) is 0 Å². The van der Waals surface area contributed by atoms with E-state index >= 15 is 0 Å². The van der Waals surface area contributed by atoms with Crippen molar-refractivity contribution in [2.75, 3.05) is 72.1 Å². The van der Waals surface area contributed by atoms with Gasteiger partial charge in [-0.15, -0.1) is 0 Å². The van der Waals surface area contributed by atoms with E-state index < -0.39 is 11.1 Å². The van der Waals surface area contributed by atoms with E-state index in [1.165, 1.54) is 0 Å². The molecule has 0 atom stereocenters. The van der Waals surface area contributed by atoms with Gasteiger partial charge in [-0.1, -0.05) is 35.8 Å². The Morgan fingerprint density at radius 2 is 1.30 bits per heavy atom. The number of nitrogens with one attached hydrogen (secondary N) is 3. The Balaban J connectivity index is 1.36. The Morgan fingerprint density at radius 1 is 0.750 bits per heavy atom. The second-order valence-corrected chi connectivity index (χ2v) is 16.1. The fourth-order valence-corrected chi connectivity index (χ4v) is 6.50. The molecule has 1 amide bonds. The molecule has 0 aliphatic carbocycles. The van der Waals surface area contributed by atoms with Gasteiger partial charge in [-0.2, -0.15) is 0 Å². The third-order valence-electron chi connectivity index (χ3n) is 10.9. The number of hydrogen-bond donors (Lipinski definition) is 5. The largest absolute Gasteiger partial charge is 0.492 e. The first-order valence-electron chi connectivity index (χ1n) is 20.4. The first-order valence-corrected chi connectivity index (χ1v) is 20.8. The molecule has 5 N–H and O–H groups in total. The summed E-state index contributed by atoms with van der Waals surface area (Å²) < 4.78 is 18.0. The van der Waals surface area contributed by atoms with E-state index in [2.05, 4.69) is 49.9 Å². The fraction of sp³-hybridized carbons (Fsp3) is 0.467. The Labute approximate surface area is 358 Å². The molecule has 60 heavy (non-hydrogen) atoms. The molecule has 0 radical (unpaired) electrons. The number of ether oxygens (including phenoxy) is 2. The first kappa shape index (κ1) is 47.7. The number of amides is 1. The molecule has 326 valence electrons. The molecule has 0 saturated heterocycles. The topological polar surface area (TPSA) is 173 Å². The average Bonchev–Trinajstić information content (AvgIpc) is 3.62. The van der Waals surface area contributed by atoms with Crippen LogP contribution in [0.25, 0.3) is 22.3 Å². The average molecular weight is 848 g/mol. The third-order valence-corrected chi connectivity index (χ3v) is 11.1.